The van der Waals surface area contributed by atoms with Crippen LogP contribution in [-0.2, 0) is 4.74 Å². The number of hydrogen-bond donors (Lipinski definition) is 1. The van der Waals surface area contributed by atoms with Gasteiger partial charge in [-0.3, -0.25) is 0 Å². The maximum Gasteiger partial charge on any atom is 0.0504 e. The molecular weight excluding hydrogens is 266 g/mol. The Morgan fingerprint density at radius 2 is 1.88 bits per heavy atom. The summed E-state index contributed by atoms with van der Waals surface area (Å²) in [6.45, 7) is 8.17. The van der Waals surface area contributed by atoms with Gasteiger partial charge in [-0.1, -0.05) is 22.9 Å². The molecule has 16 heavy (non-hydrogen) atoms. The molecule has 1 unspecified atom stereocenters. The SMILES string of the molecule is COCC(C)CNc1c(C)cc(Br)cc1C. The van der Waals surface area contributed by atoms with E-state index in [0.717, 1.165) is 17.6 Å². The summed E-state index contributed by atoms with van der Waals surface area (Å²) in [6.07, 6.45) is 0. The van der Waals surface area contributed by atoms with Crippen LogP contribution in [0.25, 0.3) is 0 Å². The second-order valence-electron chi connectivity index (χ2n) is 4.36. The van der Waals surface area contributed by atoms with Crippen molar-refractivity contribution in [3.8, 4) is 0 Å². The molecule has 1 N–H and O–H groups in total. The Morgan fingerprint density at radius 3 is 2.38 bits per heavy atom. The van der Waals surface area contributed by atoms with Crippen LogP contribution in [0.3, 0.4) is 0 Å². The number of rotatable bonds is 5. The van der Waals surface area contributed by atoms with Crippen molar-refractivity contribution < 1.29 is 4.74 Å². The summed E-state index contributed by atoms with van der Waals surface area (Å²) in [5.74, 6) is 0.521. The Bertz CT molecular complexity index is 329. The number of ether oxygens (including phenoxy) is 1. The summed E-state index contributed by atoms with van der Waals surface area (Å²) in [7, 11) is 1.74. The minimum Gasteiger partial charge on any atom is -0.384 e. The molecule has 3 heteroatoms. The van der Waals surface area contributed by atoms with Gasteiger partial charge in [0.25, 0.3) is 0 Å². The van der Waals surface area contributed by atoms with Crippen molar-refractivity contribution >= 4 is 21.6 Å². The molecule has 90 valence electrons. The van der Waals surface area contributed by atoms with E-state index in [2.05, 4.69) is 54.2 Å². The molecule has 0 aliphatic rings. The van der Waals surface area contributed by atoms with E-state index in [0.29, 0.717) is 5.92 Å². The van der Waals surface area contributed by atoms with Crippen LogP contribution in [0, 0.1) is 19.8 Å². The van der Waals surface area contributed by atoms with Crippen LogP contribution >= 0.6 is 15.9 Å². The maximum absolute atomic E-state index is 5.12. The lowest BCUT2D eigenvalue weighted by molar-refractivity contribution is 0.164. The van der Waals surface area contributed by atoms with E-state index in [9.17, 15) is 0 Å². The normalized spacial score (nSPS) is 12.6. The minimum absolute atomic E-state index is 0.521. The first-order valence-corrected chi connectivity index (χ1v) is 6.33. The number of anilines is 1. The first kappa shape index (κ1) is 13.5. The molecule has 1 aromatic carbocycles. The minimum atomic E-state index is 0.521. The summed E-state index contributed by atoms with van der Waals surface area (Å²) in [4.78, 5) is 0. The molecule has 0 spiro atoms. The van der Waals surface area contributed by atoms with E-state index in [1.807, 2.05) is 0 Å². The molecule has 0 bridgehead atoms. The highest BCUT2D eigenvalue weighted by atomic mass is 79.9. The topological polar surface area (TPSA) is 21.3 Å². The zero-order valence-corrected chi connectivity index (χ0v) is 12.0. The van der Waals surface area contributed by atoms with Gasteiger partial charge in [0, 0.05) is 23.8 Å². The van der Waals surface area contributed by atoms with Gasteiger partial charge in [-0.15, -0.1) is 0 Å². The number of aryl methyl sites for hydroxylation is 2. The van der Waals surface area contributed by atoms with Gasteiger partial charge in [0.05, 0.1) is 6.61 Å². The lowest BCUT2D eigenvalue weighted by Crippen LogP contribution is -2.16. The first-order valence-electron chi connectivity index (χ1n) is 5.54. The fraction of sp³-hybridized carbons (Fsp3) is 0.538. The summed E-state index contributed by atoms with van der Waals surface area (Å²) >= 11 is 3.50. The van der Waals surface area contributed by atoms with Crippen LogP contribution in [0.2, 0.25) is 0 Å². The third kappa shape index (κ3) is 3.80. The average molecular weight is 286 g/mol. The number of benzene rings is 1. The van der Waals surface area contributed by atoms with Gasteiger partial charge >= 0.3 is 0 Å². The molecule has 0 amide bonds. The number of hydrogen-bond acceptors (Lipinski definition) is 2. The number of nitrogens with one attached hydrogen (secondary N) is 1. The second kappa shape index (κ2) is 6.26. The van der Waals surface area contributed by atoms with E-state index in [-0.39, 0.29) is 0 Å². The van der Waals surface area contributed by atoms with Crippen molar-refractivity contribution in [1.82, 2.24) is 0 Å². The molecule has 0 heterocycles. The molecule has 0 radical (unpaired) electrons. The molecule has 0 aromatic heterocycles. The van der Waals surface area contributed by atoms with Gasteiger partial charge in [-0.25, -0.2) is 0 Å². The van der Waals surface area contributed by atoms with Gasteiger partial charge in [-0.2, -0.15) is 0 Å². The Labute approximate surface area is 107 Å². The third-order valence-electron chi connectivity index (χ3n) is 2.58. The van der Waals surface area contributed by atoms with Crippen LogP contribution in [0.15, 0.2) is 16.6 Å². The van der Waals surface area contributed by atoms with Crippen molar-refractivity contribution in [3.05, 3.63) is 27.7 Å². The summed E-state index contributed by atoms with van der Waals surface area (Å²) < 4.78 is 6.26. The van der Waals surface area contributed by atoms with Crippen molar-refractivity contribution in [2.75, 3.05) is 25.6 Å². The maximum atomic E-state index is 5.12. The highest BCUT2D eigenvalue weighted by Gasteiger charge is 2.06. The quantitative estimate of drug-likeness (QED) is 0.890. The van der Waals surface area contributed by atoms with Crippen LogP contribution in [0.5, 0.6) is 0 Å². The molecule has 0 fully saturated rings. The average Bonchev–Trinajstić information content (AvgIpc) is 2.16. The van der Waals surface area contributed by atoms with Gasteiger partial charge in [0.2, 0.25) is 0 Å². The van der Waals surface area contributed by atoms with E-state index in [1.165, 1.54) is 16.8 Å². The Morgan fingerprint density at radius 1 is 1.31 bits per heavy atom. The first-order chi connectivity index (χ1) is 7.54. The Hall–Kier alpha value is -0.540. The van der Waals surface area contributed by atoms with Crippen LogP contribution in [-0.4, -0.2) is 20.3 Å². The van der Waals surface area contributed by atoms with Gasteiger partial charge in [0.15, 0.2) is 0 Å². The highest BCUT2D eigenvalue weighted by molar-refractivity contribution is 9.10. The van der Waals surface area contributed by atoms with E-state index >= 15 is 0 Å². The number of methoxy groups -OCH3 is 1. The second-order valence-corrected chi connectivity index (χ2v) is 5.27. The molecule has 1 atom stereocenters. The lowest BCUT2D eigenvalue weighted by atomic mass is 10.1. The van der Waals surface area contributed by atoms with Crippen molar-refractivity contribution in [3.63, 3.8) is 0 Å². The Kier molecular flexibility index (Phi) is 5.29. The fourth-order valence-corrected chi connectivity index (χ4v) is 2.50. The van der Waals surface area contributed by atoms with Crippen molar-refractivity contribution in [2.24, 2.45) is 5.92 Å². The largest absolute Gasteiger partial charge is 0.384 e. The van der Waals surface area contributed by atoms with Crippen LogP contribution in [0.1, 0.15) is 18.1 Å². The predicted octanol–water partition coefficient (Wildman–Crippen LogP) is 3.76. The van der Waals surface area contributed by atoms with E-state index in [1.54, 1.807) is 7.11 Å². The molecule has 0 aliphatic carbocycles. The molecule has 0 saturated heterocycles. The summed E-state index contributed by atoms with van der Waals surface area (Å²) in [5.41, 5.74) is 3.79. The molecule has 0 aliphatic heterocycles. The van der Waals surface area contributed by atoms with Crippen molar-refractivity contribution in [2.45, 2.75) is 20.8 Å². The van der Waals surface area contributed by atoms with Crippen LogP contribution in [0.4, 0.5) is 5.69 Å². The molecule has 1 aromatic rings. The molecule has 2 nitrogen and oxygen atoms in total. The predicted molar refractivity (Wildman–Crippen MR) is 73.1 cm³/mol. The zero-order valence-electron chi connectivity index (χ0n) is 10.4. The van der Waals surface area contributed by atoms with E-state index < -0.39 is 0 Å². The number of halogens is 1. The third-order valence-corrected chi connectivity index (χ3v) is 3.03. The monoisotopic (exact) mass is 285 g/mol. The summed E-state index contributed by atoms with van der Waals surface area (Å²) in [6, 6.07) is 4.27. The van der Waals surface area contributed by atoms with Gasteiger partial charge in [0.1, 0.15) is 0 Å². The summed E-state index contributed by atoms with van der Waals surface area (Å²) in [5, 5.41) is 3.49. The van der Waals surface area contributed by atoms with Crippen molar-refractivity contribution in [1.29, 1.82) is 0 Å². The van der Waals surface area contributed by atoms with Gasteiger partial charge in [-0.05, 0) is 43.0 Å². The fourth-order valence-electron chi connectivity index (χ4n) is 1.81. The van der Waals surface area contributed by atoms with Gasteiger partial charge < -0.3 is 10.1 Å². The molecule has 1 rings (SSSR count). The molecule has 0 saturated carbocycles. The molecular formula is C13H20BrNO. The zero-order chi connectivity index (χ0) is 12.1. The smallest absolute Gasteiger partial charge is 0.0504 e. The lowest BCUT2D eigenvalue weighted by Gasteiger charge is -2.16. The van der Waals surface area contributed by atoms with Crippen LogP contribution < -0.4 is 5.32 Å². The standard InChI is InChI=1S/C13H20BrNO/c1-9(8-16-4)7-15-13-10(2)5-12(14)6-11(13)3/h5-6,9,15H,7-8H2,1-4H3. The highest BCUT2D eigenvalue weighted by Crippen LogP contribution is 2.25. The van der Waals surface area contributed by atoms with E-state index in [4.69, 9.17) is 4.74 Å². The Balaban J connectivity index is 2.67.